The molecule has 3 rings (SSSR count). The molecule has 10 heteroatoms. The number of rotatable bonds is 6. The Hall–Kier alpha value is -1.71. The van der Waals surface area contributed by atoms with Crippen LogP contribution < -0.4 is 0 Å². The van der Waals surface area contributed by atoms with Gasteiger partial charge in [-0.05, 0) is 24.1 Å². The standard InChI is InChI=1S/C19H21ClFN3O3S2/c1-12(2)28-19-22-9-16(20)17(23-19)18(25)24(15-7-8-29(26,27)11-15)10-13-3-5-14(21)6-4-13/h3-6,9,12,15H,7-8,10-11H2,1-2H3. The van der Waals surface area contributed by atoms with Gasteiger partial charge in [-0.3, -0.25) is 4.79 Å². The molecule has 1 aliphatic heterocycles. The first kappa shape index (κ1) is 22.0. The topological polar surface area (TPSA) is 80.2 Å². The van der Waals surface area contributed by atoms with E-state index in [2.05, 4.69) is 9.97 Å². The van der Waals surface area contributed by atoms with Crippen molar-refractivity contribution >= 4 is 39.1 Å². The Morgan fingerprint density at radius 1 is 1.34 bits per heavy atom. The summed E-state index contributed by atoms with van der Waals surface area (Å²) in [4.78, 5) is 23.3. The number of sulfone groups is 1. The molecule has 156 valence electrons. The van der Waals surface area contributed by atoms with Crippen LogP contribution in [0.5, 0.6) is 0 Å². The summed E-state index contributed by atoms with van der Waals surface area (Å²) in [5.41, 5.74) is 0.724. The van der Waals surface area contributed by atoms with E-state index in [4.69, 9.17) is 11.6 Å². The number of halogens is 2. The van der Waals surface area contributed by atoms with Crippen molar-refractivity contribution in [3.63, 3.8) is 0 Å². The molecular weight excluding hydrogens is 437 g/mol. The maximum absolute atomic E-state index is 13.3. The highest BCUT2D eigenvalue weighted by atomic mass is 35.5. The molecule has 2 heterocycles. The highest BCUT2D eigenvalue weighted by molar-refractivity contribution is 7.99. The van der Waals surface area contributed by atoms with Crippen molar-refractivity contribution in [1.82, 2.24) is 14.9 Å². The van der Waals surface area contributed by atoms with E-state index in [1.54, 1.807) is 12.1 Å². The Balaban J connectivity index is 1.94. The molecule has 1 amide bonds. The fraction of sp³-hybridized carbons (Fsp3) is 0.421. The van der Waals surface area contributed by atoms with E-state index in [1.165, 1.54) is 35.0 Å². The molecule has 6 nitrogen and oxygen atoms in total. The lowest BCUT2D eigenvalue weighted by atomic mass is 10.1. The Morgan fingerprint density at radius 2 is 2.03 bits per heavy atom. The molecule has 1 aliphatic rings. The van der Waals surface area contributed by atoms with Crippen LogP contribution in [0.1, 0.15) is 36.3 Å². The third-order valence-corrected chi connectivity index (χ3v) is 7.35. The van der Waals surface area contributed by atoms with Crippen molar-refractivity contribution in [3.8, 4) is 0 Å². The van der Waals surface area contributed by atoms with Crippen LogP contribution in [-0.2, 0) is 16.4 Å². The minimum atomic E-state index is -3.21. The van der Waals surface area contributed by atoms with E-state index in [9.17, 15) is 17.6 Å². The second-order valence-electron chi connectivity index (χ2n) is 7.13. The molecule has 0 bridgehead atoms. The number of hydrogen-bond donors (Lipinski definition) is 0. The van der Waals surface area contributed by atoms with Gasteiger partial charge in [0.25, 0.3) is 5.91 Å². The van der Waals surface area contributed by atoms with Crippen LogP contribution in [0.3, 0.4) is 0 Å². The molecule has 0 spiro atoms. The fourth-order valence-corrected chi connectivity index (χ4v) is 5.66. The lowest BCUT2D eigenvalue weighted by Gasteiger charge is -2.28. The summed E-state index contributed by atoms with van der Waals surface area (Å²) in [7, 11) is -3.21. The number of aromatic nitrogens is 2. The van der Waals surface area contributed by atoms with Gasteiger partial charge < -0.3 is 4.90 Å². The molecule has 1 fully saturated rings. The minimum Gasteiger partial charge on any atom is -0.329 e. The van der Waals surface area contributed by atoms with E-state index in [-0.39, 0.29) is 39.8 Å². The van der Waals surface area contributed by atoms with Gasteiger partial charge in [0.15, 0.2) is 20.7 Å². The van der Waals surface area contributed by atoms with Gasteiger partial charge in [-0.1, -0.05) is 49.3 Å². The molecule has 0 radical (unpaired) electrons. The first-order chi connectivity index (χ1) is 13.6. The molecule has 2 aromatic rings. The molecular formula is C19H21ClFN3O3S2. The molecule has 1 unspecified atom stereocenters. The molecule has 0 N–H and O–H groups in total. The van der Waals surface area contributed by atoms with Crippen LogP contribution in [0.15, 0.2) is 35.6 Å². The maximum atomic E-state index is 13.3. The molecule has 29 heavy (non-hydrogen) atoms. The van der Waals surface area contributed by atoms with Crippen LogP contribution in [0, 0.1) is 5.82 Å². The predicted molar refractivity (Wildman–Crippen MR) is 111 cm³/mol. The summed E-state index contributed by atoms with van der Waals surface area (Å²) >= 11 is 7.61. The maximum Gasteiger partial charge on any atom is 0.274 e. The predicted octanol–water partition coefficient (Wildman–Crippen LogP) is 3.60. The van der Waals surface area contributed by atoms with Gasteiger partial charge in [0.2, 0.25) is 0 Å². The smallest absolute Gasteiger partial charge is 0.274 e. The van der Waals surface area contributed by atoms with Gasteiger partial charge in [0.1, 0.15) is 5.82 Å². The number of thioether (sulfide) groups is 1. The van der Waals surface area contributed by atoms with Crippen LogP contribution in [0.4, 0.5) is 4.39 Å². The van der Waals surface area contributed by atoms with Crippen LogP contribution in [0.25, 0.3) is 0 Å². The normalized spacial score (nSPS) is 18.2. The van der Waals surface area contributed by atoms with Gasteiger partial charge in [-0.25, -0.2) is 22.8 Å². The first-order valence-corrected chi connectivity index (χ1v) is 12.2. The van der Waals surface area contributed by atoms with Crippen molar-refractivity contribution in [2.75, 3.05) is 11.5 Å². The lowest BCUT2D eigenvalue weighted by molar-refractivity contribution is 0.0674. The molecule has 1 aromatic heterocycles. The zero-order valence-electron chi connectivity index (χ0n) is 16.0. The van der Waals surface area contributed by atoms with E-state index >= 15 is 0 Å². The van der Waals surface area contributed by atoms with E-state index in [1.807, 2.05) is 13.8 Å². The summed E-state index contributed by atoms with van der Waals surface area (Å²) in [6, 6.07) is 5.25. The van der Waals surface area contributed by atoms with Gasteiger partial charge in [0, 0.05) is 17.8 Å². The Labute approximate surface area is 178 Å². The molecule has 1 saturated heterocycles. The largest absolute Gasteiger partial charge is 0.329 e. The average molecular weight is 458 g/mol. The Morgan fingerprint density at radius 3 is 2.62 bits per heavy atom. The molecule has 0 aliphatic carbocycles. The Kier molecular flexibility index (Phi) is 6.80. The van der Waals surface area contributed by atoms with E-state index in [0.29, 0.717) is 17.1 Å². The highest BCUT2D eigenvalue weighted by Crippen LogP contribution is 2.26. The molecule has 1 aromatic carbocycles. The molecule has 0 saturated carbocycles. The summed E-state index contributed by atoms with van der Waals surface area (Å²) in [6.07, 6.45) is 1.72. The van der Waals surface area contributed by atoms with Crippen molar-refractivity contribution in [2.45, 2.75) is 43.3 Å². The average Bonchev–Trinajstić information content (AvgIpc) is 3.01. The van der Waals surface area contributed by atoms with E-state index < -0.39 is 21.8 Å². The summed E-state index contributed by atoms with van der Waals surface area (Å²) in [5.74, 6) is -0.939. The van der Waals surface area contributed by atoms with Crippen molar-refractivity contribution in [1.29, 1.82) is 0 Å². The number of nitrogens with zero attached hydrogens (tertiary/aromatic N) is 3. The van der Waals surface area contributed by atoms with Gasteiger partial charge in [-0.2, -0.15) is 0 Å². The van der Waals surface area contributed by atoms with Gasteiger partial charge in [-0.15, -0.1) is 0 Å². The second-order valence-corrected chi connectivity index (χ2v) is 11.3. The monoisotopic (exact) mass is 457 g/mol. The Bertz CT molecular complexity index is 1000. The quantitative estimate of drug-likeness (QED) is 0.487. The number of benzene rings is 1. The SMILES string of the molecule is CC(C)Sc1ncc(Cl)c(C(=O)N(Cc2ccc(F)cc2)C2CCS(=O)(=O)C2)n1. The van der Waals surface area contributed by atoms with Crippen LogP contribution in [-0.4, -0.2) is 52.0 Å². The van der Waals surface area contributed by atoms with Crippen molar-refractivity contribution in [3.05, 3.63) is 52.6 Å². The second kappa shape index (κ2) is 8.97. The van der Waals surface area contributed by atoms with Crippen LogP contribution in [0.2, 0.25) is 5.02 Å². The first-order valence-electron chi connectivity index (χ1n) is 9.09. The number of carbonyl (C=O) groups is 1. The van der Waals surface area contributed by atoms with Gasteiger partial charge >= 0.3 is 0 Å². The summed E-state index contributed by atoms with van der Waals surface area (Å²) < 4.78 is 37.3. The summed E-state index contributed by atoms with van der Waals surface area (Å²) in [6.45, 7) is 4.09. The van der Waals surface area contributed by atoms with E-state index in [0.717, 1.165) is 0 Å². The zero-order chi connectivity index (χ0) is 21.2. The molecule has 1 atom stereocenters. The number of amides is 1. The lowest BCUT2D eigenvalue weighted by Crippen LogP contribution is -2.41. The van der Waals surface area contributed by atoms with Crippen LogP contribution >= 0.6 is 23.4 Å². The van der Waals surface area contributed by atoms with Crippen molar-refractivity contribution < 1.29 is 17.6 Å². The van der Waals surface area contributed by atoms with Crippen molar-refractivity contribution in [2.24, 2.45) is 0 Å². The fourth-order valence-electron chi connectivity index (χ4n) is 3.08. The number of carbonyl (C=O) groups excluding carboxylic acids is 1. The third kappa shape index (κ3) is 5.67. The van der Waals surface area contributed by atoms with Gasteiger partial charge in [0.05, 0.1) is 22.7 Å². The zero-order valence-corrected chi connectivity index (χ0v) is 18.4. The third-order valence-electron chi connectivity index (χ3n) is 4.44. The minimum absolute atomic E-state index is 0.0246. The highest BCUT2D eigenvalue weighted by Gasteiger charge is 2.36. The number of hydrogen-bond acceptors (Lipinski definition) is 6. The summed E-state index contributed by atoms with van der Waals surface area (Å²) in [5, 5.41) is 0.746.